The molecule has 0 spiro atoms. The van der Waals surface area contributed by atoms with E-state index in [9.17, 15) is 0 Å². The summed E-state index contributed by atoms with van der Waals surface area (Å²) in [4.78, 5) is 9.62. The van der Waals surface area contributed by atoms with Gasteiger partial charge in [-0.1, -0.05) is 0 Å². The van der Waals surface area contributed by atoms with Gasteiger partial charge in [-0.25, -0.2) is 9.98 Å². The first-order valence-corrected chi connectivity index (χ1v) is 6.00. The lowest BCUT2D eigenvalue weighted by Gasteiger charge is -2.07. The van der Waals surface area contributed by atoms with Gasteiger partial charge in [0, 0.05) is 23.8 Å². The molecule has 0 saturated heterocycles. The Balaban J connectivity index is 2.02. The number of imidazole rings is 1. The van der Waals surface area contributed by atoms with Crippen LogP contribution in [0.5, 0.6) is 0 Å². The van der Waals surface area contributed by atoms with Crippen LogP contribution >= 0.6 is 11.3 Å². The summed E-state index contributed by atoms with van der Waals surface area (Å²) in [6.07, 6.45) is 3.95. The molecule has 0 saturated carbocycles. The van der Waals surface area contributed by atoms with Crippen LogP contribution in [0.2, 0.25) is 0 Å². The Morgan fingerprint density at radius 1 is 1.69 bits per heavy atom. The van der Waals surface area contributed by atoms with Crippen LogP contribution in [-0.2, 0) is 6.54 Å². The Bertz CT molecular complexity index is 468. The van der Waals surface area contributed by atoms with E-state index in [4.69, 9.17) is 5.73 Å². The third-order valence-electron chi connectivity index (χ3n) is 1.99. The van der Waals surface area contributed by atoms with Gasteiger partial charge in [0.1, 0.15) is 0 Å². The second-order valence-corrected chi connectivity index (χ2v) is 4.70. The third kappa shape index (κ3) is 2.52. The maximum absolute atomic E-state index is 5.70. The van der Waals surface area contributed by atoms with E-state index in [2.05, 4.69) is 15.3 Å². The van der Waals surface area contributed by atoms with Gasteiger partial charge in [-0.3, -0.25) is 4.40 Å². The molecule has 16 heavy (non-hydrogen) atoms. The molecule has 0 atom stereocenters. The van der Waals surface area contributed by atoms with Crippen molar-refractivity contribution in [2.75, 3.05) is 0 Å². The lowest BCUT2D eigenvalue weighted by atomic mass is 10.4. The minimum Gasteiger partial charge on any atom is -0.370 e. The van der Waals surface area contributed by atoms with E-state index in [0.717, 1.165) is 10.7 Å². The first kappa shape index (κ1) is 10.9. The first-order valence-electron chi connectivity index (χ1n) is 5.12. The topological polar surface area (TPSA) is 67.7 Å². The standard InChI is InChI=1S/C10H15N5S/c1-7(2)13-9(11)12-5-8-6-15-3-4-16-10(15)14-8/h3-4,6-7H,5H2,1-2H3,(H3,11,12,13). The number of nitrogens with zero attached hydrogens (tertiary/aromatic N) is 3. The van der Waals surface area contributed by atoms with E-state index in [0.29, 0.717) is 18.5 Å². The zero-order valence-electron chi connectivity index (χ0n) is 9.34. The third-order valence-corrected chi connectivity index (χ3v) is 2.76. The highest BCUT2D eigenvalue weighted by molar-refractivity contribution is 7.15. The van der Waals surface area contributed by atoms with E-state index in [1.807, 2.05) is 36.0 Å². The van der Waals surface area contributed by atoms with E-state index < -0.39 is 0 Å². The summed E-state index contributed by atoms with van der Waals surface area (Å²) in [5.74, 6) is 0.464. The number of hydrogen-bond acceptors (Lipinski definition) is 3. The Kier molecular flexibility index (Phi) is 3.09. The Morgan fingerprint density at radius 2 is 2.50 bits per heavy atom. The van der Waals surface area contributed by atoms with E-state index in [-0.39, 0.29) is 0 Å². The van der Waals surface area contributed by atoms with Gasteiger partial charge in [0.15, 0.2) is 10.9 Å². The molecule has 86 valence electrons. The molecule has 0 radical (unpaired) electrons. The summed E-state index contributed by atoms with van der Waals surface area (Å²) in [7, 11) is 0. The van der Waals surface area contributed by atoms with Gasteiger partial charge < -0.3 is 11.1 Å². The van der Waals surface area contributed by atoms with Gasteiger partial charge in [-0.05, 0) is 13.8 Å². The number of nitrogens with two attached hydrogens (primary N) is 1. The Labute approximate surface area is 98.0 Å². The summed E-state index contributed by atoms with van der Waals surface area (Å²) in [5, 5.41) is 5.04. The van der Waals surface area contributed by atoms with Crippen molar-refractivity contribution in [3.63, 3.8) is 0 Å². The lowest BCUT2D eigenvalue weighted by molar-refractivity contribution is 0.723. The van der Waals surface area contributed by atoms with Crippen molar-refractivity contribution in [3.8, 4) is 0 Å². The molecule has 2 rings (SSSR count). The van der Waals surface area contributed by atoms with Crippen LogP contribution in [0.1, 0.15) is 19.5 Å². The minimum absolute atomic E-state index is 0.300. The summed E-state index contributed by atoms with van der Waals surface area (Å²) in [6.45, 7) is 4.56. The summed E-state index contributed by atoms with van der Waals surface area (Å²) in [6, 6.07) is 0.300. The molecule has 0 aliphatic heterocycles. The second kappa shape index (κ2) is 4.52. The van der Waals surface area contributed by atoms with E-state index >= 15 is 0 Å². The summed E-state index contributed by atoms with van der Waals surface area (Å²) >= 11 is 1.61. The van der Waals surface area contributed by atoms with Crippen LogP contribution in [0.4, 0.5) is 0 Å². The fourth-order valence-corrected chi connectivity index (χ4v) is 2.08. The van der Waals surface area contributed by atoms with Crippen molar-refractivity contribution in [2.24, 2.45) is 10.7 Å². The second-order valence-electron chi connectivity index (χ2n) is 3.83. The molecule has 6 heteroatoms. The van der Waals surface area contributed by atoms with Crippen LogP contribution in [0.25, 0.3) is 4.96 Å². The molecule has 0 aromatic carbocycles. The van der Waals surface area contributed by atoms with Crippen molar-refractivity contribution < 1.29 is 0 Å². The molecule has 0 aliphatic carbocycles. The Hall–Kier alpha value is -1.56. The molecule has 0 amide bonds. The number of guanidine groups is 1. The average molecular weight is 237 g/mol. The number of aliphatic imine (C=N–C) groups is 1. The van der Waals surface area contributed by atoms with Crippen LogP contribution < -0.4 is 11.1 Å². The predicted octanol–water partition coefficient (Wildman–Crippen LogP) is 1.21. The van der Waals surface area contributed by atoms with Crippen molar-refractivity contribution in [1.82, 2.24) is 14.7 Å². The monoisotopic (exact) mass is 237 g/mol. The highest BCUT2D eigenvalue weighted by atomic mass is 32.1. The van der Waals surface area contributed by atoms with Crippen molar-refractivity contribution in [3.05, 3.63) is 23.5 Å². The number of thiazole rings is 1. The maximum Gasteiger partial charge on any atom is 0.193 e. The molecule has 2 aromatic heterocycles. The van der Waals surface area contributed by atoms with Crippen molar-refractivity contribution >= 4 is 22.3 Å². The number of nitrogens with one attached hydrogen (secondary N) is 1. The molecule has 2 heterocycles. The molecule has 3 N–H and O–H groups in total. The highest BCUT2D eigenvalue weighted by Gasteiger charge is 2.01. The lowest BCUT2D eigenvalue weighted by Crippen LogP contribution is -2.36. The molecule has 2 aromatic rings. The molecule has 0 fully saturated rings. The SMILES string of the molecule is CC(C)NC(N)=NCc1cn2ccsc2n1. The van der Waals surface area contributed by atoms with Gasteiger partial charge >= 0.3 is 0 Å². The average Bonchev–Trinajstić information content (AvgIpc) is 2.72. The zero-order chi connectivity index (χ0) is 11.5. The van der Waals surface area contributed by atoms with Gasteiger partial charge in [0.25, 0.3) is 0 Å². The number of rotatable bonds is 3. The van der Waals surface area contributed by atoms with Crippen LogP contribution in [0.15, 0.2) is 22.8 Å². The Morgan fingerprint density at radius 3 is 3.19 bits per heavy atom. The smallest absolute Gasteiger partial charge is 0.193 e. The van der Waals surface area contributed by atoms with Crippen molar-refractivity contribution in [1.29, 1.82) is 0 Å². The molecule has 0 bridgehead atoms. The molecular weight excluding hydrogens is 222 g/mol. The van der Waals surface area contributed by atoms with Gasteiger partial charge in [0.2, 0.25) is 0 Å². The van der Waals surface area contributed by atoms with Gasteiger partial charge in [-0.15, -0.1) is 11.3 Å². The quantitative estimate of drug-likeness (QED) is 0.623. The van der Waals surface area contributed by atoms with Crippen LogP contribution in [0, 0.1) is 0 Å². The molecule has 5 nitrogen and oxygen atoms in total. The summed E-state index contributed by atoms with van der Waals surface area (Å²) in [5.41, 5.74) is 6.63. The number of fused-ring (bicyclic) bond motifs is 1. The minimum atomic E-state index is 0.300. The fraction of sp³-hybridized carbons (Fsp3) is 0.400. The van der Waals surface area contributed by atoms with E-state index in [1.54, 1.807) is 11.3 Å². The van der Waals surface area contributed by atoms with Gasteiger partial charge in [-0.2, -0.15) is 0 Å². The zero-order valence-corrected chi connectivity index (χ0v) is 10.2. The van der Waals surface area contributed by atoms with Gasteiger partial charge in [0.05, 0.1) is 12.2 Å². The van der Waals surface area contributed by atoms with Crippen LogP contribution in [-0.4, -0.2) is 21.4 Å². The number of aromatic nitrogens is 2. The maximum atomic E-state index is 5.70. The predicted molar refractivity (Wildman–Crippen MR) is 66.7 cm³/mol. The fourth-order valence-electron chi connectivity index (χ4n) is 1.36. The molecule has 0 unspecified atom stereocenters. The molecular formula is C10H15N5S. The van der Waals surface area contributed by atoms with E-state index in [1.165, 1.54) is 0 Å². The normalized spacial score (nSPS) is 12.6. The molecule has 0 aliphatic rings. The van der Waals surface area contributed by atoms with Crippen molar-refractivity contribution in [2.45, 2.75) is 26.4 Å². The highest BCUT2D eigenvalue weighted by Crippen LogP contribution is 2.11. The number of hydrogen-bond donors (Lipinski definition) is 2. The summed E-state index contributed by atoms with van der Waals surface area (Å²) < 4.78 is 1.99. The first-order chi connectivity index (χ1) is 7.65. The largest absolute Gasteiger partial charge is 0.370 e. The van der Waals surface area contributed by atoms with Crippen LogP contribution in [0.3, 0.4) is 0 Å².